The summed E-state index contributed by atoms with van der Waals surface area (Å²) in [5.41, 5.74) is 2.09. The standard InChI is InChI=1S/C22H35FN6.HI/c1-4-24-22(27-14-17(2)16-29-11-9-28(3)10-12-29)25-8-7-18-15-26-21-6-5-19(23)13-20(18)21;/h5-6,13,15,17,26H,4,7-12,14,16H2,1-3H3,(H2,24,25,27);1H. The van der Waals surface area contributed by atoms with Gasteiger partial charge >= 0.3 is 0 Å². The number of aliphatic imine (C=N–C) groups is 1. The molecule has 1 atom stereocenters. The Morgan fingerprint density at radius 3 is 2.73 bits per heavy atom. The fraction of sp³-hybridized carbons (Fsp3) is 0.591. The smallest absolute Gasteiger partial charge is 0.191 e. The maximum absolute atomic E-state index is 13.5. The molecule has 0 saturated carbocycles. The summed E-state index contributed by atoms with van der Waals surface area (Å²) in [6.45, 7) is 12.4. The van der Waals surface area contributed by atoms with Crippen LogP contribution in [-0.4, -0.2) is 80.1 Å². The van der Waals surface area contributed by atoms with Gasteiger partial charge in [0.25, 0.3) is 0 Å². The molecular formula is C22H36FIN6. The lowest BCUT2D eigenvalue weighted by atomic mass is 10.1. The van der Waals surface area contributed by atoms with Crippen LogP contribution in [0.4, 0.5) is 4.39 Å². The molecule has 3 N–H and O–H groups in total. The Morgan fingerprint density at radius 1 is 1.23 bits per heavy atom. The van der Waals surface area contributed by atoms with Crippen LogP contribution in [0.25, 0.3) is 10.9 Å². The van der Waals surface area contributed by atoms with Crippen LogP contribution < -0.4 is 10.6 Å². The minimum absolute atomic E-state index is 0. The van der Waals surface area contributed by atoms with Gasteiger partial charge in [0.05, 0.1) is 0 Å². The van der Waals surface area contributed by atoms with Crippen molar-refractivity contribution >= 4 is 40.8 Å². The largest absolute Gasteiger partial charge is 0.361 e. The highest BCUT2D eigenvalue weighted by Gasteiger charge is 2.16. The topological polar surface area (TPSA) is 58.7 Å². The fourth-order valence-corrected chi connectivity index (χ4v) is 3.79. The number of nitrogens with one attached hydrogen (secondary N) is 3. The lowest BCUT2D eigenvalue weighted by Crippen LogP contribution is -2.46. The van der Waals surface area contributed by atoms with Crippen molar-refractivity contribution in [3.8, 4) is 0 Å². The monoisotopic (exact) mass is 530 g/mol. The summed E-state index contributed by atoms with van der Waals surface area (Å²) in [6.07, 6.45) is 2.78. The summed E-state index contributed by atoms with van der Waals surface area (Å²) in [5, 5.41) is 7.69. The van der Waals surface area contributed by atoms with Gasteiger partial charge in [0.15, 0.2) is 5.96 Å². The van der Waals surface area contributed by atoms with Crippen molar-refractivity contribution in [2.75, 3.05) is 59.4 Å². The number of hydrogen-bond donors (Lipinski definition) is 3. The second kappa shape index (κ2) is 12.5. The number of fused-ring (bicyclic) bond motifs is 1. The summed E-state index contributed by atoms with van der Waals surface area (Å²) in [7, 11) is 2.19. The normalized spacial score (nSPS) is 17.0. The first-order valence-corrected chi connectivity index (χ1v) is 10.7. The number of likely N-dealkylation sites (N-methyl/N-ethyl adjacent to an activating group) is 1. The Hall–Kier alpha value is -1.39. The molecule has 1 aromatic carbocycles. The highest BCUT2D eigenvalue weighted by atomic mass is 127. The predicted molar refractivity (Wildman–Crippen MR) is 134 cm³/mol. The highest BCUT2D eigenvalue weighted by Crippen LogP contribution is 2.19. The van der Waals surface area contributed by atoms with E-state index in [0.717, 1.165) is 81.2 Å². The van der Waals surface area contributed by atoms with E-state index in [1.165, 1.54) is 6.07 Å². The second-order valence-electron chi connectivity index (χ2n) is 8.11. The van der Waals surface area contributed by atoms with E-state index in [4.69, 9.17) is 4.99 Å². The van der Waals surface area contributed by atoms with Crippen LogP contribution in [0.3, 0.4) is 0 Å². The van der Waals surface area contributed by atoms with Crippen LogP contribution in [0, 0.1) is 11.7 Å². The molecule has 168 valence electrons. The van der Waals surface area contributed by atoms with Gasteiger partial charge in [-0.15, -0.1) is 24.0 Å². The molecule has 1 aliphatic rings. The molecule has 0 aliphatic carbocycles. The third-order valence-electron chi connectivity index (χ3n) is 5.49. The number of aromatic amines is 1. The zero-order valence-electron chi connectivity index (χ0n) is 18.4. The number of H-pyrrole nitrogens is 1. The van der Waals surface area contributed by atoms with Gasteiger partial charge in [0.1, 0.15) is 5.82 Å². The summed E-state index contributed by atoms with van der Waals surface area (Å²) >= 11 is 0. The molecule has 1 fully saturated rings. The van der Waals surface area contributed by atoms with E-state index in [9.17, 15) is 4.39 Å². The van der Waals surface area contributed by atoms with E-state index >= 15 is 0 Å². The second-order valence-corrected chi connectivity index (χ2v) is 8.11. The van der Waals surface area contributed by atoms with Crippen LogP contribution in [0.15, 0.2) is 29.4 Å². The van der Waals surface area contributed by atoms with Crippen LogP contribution >= 0.6 is 24.0 Å². The molecule has 8 heteroatoms. The molecule has 1 aliphatic heterocycles. The van der Waals surface area contributed by atoms with Gasteiger partial charge in [-0.25, -0.2) is 4.39 Å². The molecule has 1 unspecified atom stereocenters. The molecule has 0 bridgehead atoms. The van der Waals surface area contributed by atoms with Crippen molar-refractivity contribution in [2.24, 2.45) is 10.9 Å². The van der Waals surface area contributed by atoms with E-state index in [1.54, 1.807) is 12.1 Å². The number of halogens is 2. The summed E-state index contributed by atoms with van der Waals surface area (Å²) in [5.74, 6) is 1.17. The van der Waals surface area contributed by atoms with Crippen LogP contribution in [0.5, 0.6) is 0 Å². The molecular weight excluding hydrogens is 494 g/mol. The van der Waals surface area contributed by atoms with Gasteiger partial charge in [-0.3, -0.25) is 4.99 Å². The quantitative estimate of drug-likeness (QED) is 0.279. The maximum atomic E-state index is 13.5. The van der Waals surface area contributed by atoms with Gasteiger partial charge in [-0.2, -0.15) is 0 Å². The minimum atomic E-state index is -0.199. The third-order valence-corrected chi connectivity index (χ3v) is 5.49. The summed E-state index contributed by atoms with van der Waals surface area (Å²) in [4.78, 5) is 12.9. The molecule has 2 aromatic rings. The minimum Gasteiger partial charge on any atom is -0.361 e. The molecule has 6 nitrogen and oxygen atoms in total. The lowest BCUT2D eigenvalue weighted by Gasteiger charge is -2.33. The van der Waals surface area contributed by atoms with E-state index < -0.39 is 0 Å². The van der Waals surface area contributed by atoms with Crippen LogP contribution in [0.1, 0.15) is 19.4 Å². The van der Waals surface area contributed by atoms with Crippen LogP contribution in [-0.2, 0) is 6.42 Å². The van der Waals surface area contributed by atoms with Gasteiger partial charge in [-0.1, -0.05) is 6.92 Å². The highest BCUT2D eigenvalue weighted by molar-refractivity contribution is 14.0. The SMILES string of the molecule is CCNC(=NCC(C)CN1CCN(C)CC1)NCCc1c[nH]c2ccc(F)cc12.I. The van der Waals surface area contributed by atoms with Crippen molar-refractivity contribution in [2.45, 2.75) is 20.3 Å². The summed E-state index contributed by atoms with van der Waals surface area (Å²) in [6, 6.07) is 4.87. The molecule has 0 amide bonds. The lowest BCUT2D eigenvalue weighted by molar-refractivity contribution is 0.140. The summed E-state index contributed by atoms with van der Waals surface area (Å²) < 4.78 is 13.5. The van der Waals surface area contributed by atoms with E-state index in [0.29, 0.717) is 5.92 Å². The number of piperazine rings is 1. The molecule has 2 heterocycles. The Bertz CT molecular complexity index is 800. The molecule has 1 aromatic heterocycles. The Morgan fingerprint density at radius 2 is 2.00 bits per heavy atom. The number of guanidine groups is 1. The number of nitrogens with zero attached hydrogens (tertiary/aromatic N) is 3. The van der Waals surface area contributed by atoms with Crippen molar-refractivity contribution in [3.05, 3.63) is 35.8 Å². The van der Waals surface area contributed by atoms with Gasteiger partial charge in [0, 0.05) is 69.5 Å². The van der Waals surface area contributed by atoms with E-state index in [2.05, 4.69) is 46.3 Å². The number of hydrogen-bond acceptors (Lipinski definition) is 3. The Kier molecular flexibility index (Phi) is 10.3. The Balaban J connectivity index is 0.00000320. The van der Waals surface area contributed by atoms with Crippen molar-refractivity contribution in [3.63, 3.8) is 0 Å². The van der Waals surface area contributed by atoms with E-state index in [1.807, 2.05) is 6.20 Å². The fourth-order valence-electron chi connectivity index (χ4n) is 3.79. The predicted octanol–water partition coefficient (Wildman–Crippen LogP) is 2.91. The molecule has 30 heavy (non-hydrogen) atoms. The number of aromatic nitrogens is 1. The van der Waals surface area contributed by atoms with Gasteiger partial charge < -0.3 is 25.4 Å². The molecule has 1 saturated heterocycles. The maximum Gasteiger partial charge on any atom is 0.191 e. The van der Waals surface area contributed by atoms with Gasteiger partial charge in [-0.05, 0) is 50.1 Å². The zero-order chi connectivity index (χ0) is 20.6. The first-order valence-electron chi connectivity index (χ1n) is 10.7. The molecule has 3 rings (SSSR count). The number of rotatable bonds is 8. The zero-order valence-corrected chi connectivity index (χ0v) is 20.7. The van der Waals surface area contributed by atoms with Crippen molar-refractivity contribution in [1.82, 2.24) is 25.4 Å². The van der Waals surface area contributed by atoms with E-state index in [-0.39, 0.29) is 29.8 Å². The van der Waals surface area contributed by atoms with Crippen molar-refractivity contribution < 1.29 is 4.39 Å². The third kappa shape index (κ3) is 7.39. The molecule has 0 radical (unpaired) electrons. The van der Waals surface area contributed by atoms with Crippen molar-refractivity contribution in [1.29, 1.82) is 0 Å². The Labute approximate surface area is 196 Å². The van der Waals surface area contributed by atoms with Gasteiger partial charge in [0.2, 0.25) is 0 Å². The van der Waals surface area contributed by atoms with Crippen LogP contribution in [0.2, 0.25) is 0 Å². The first kappa shape index (κ1) is 24.9. The average Bonchev–Trinajstić information content (AvgIpc) is 3.10. The first-order chi connectivity index (χ1) is 14.0. The average molecular weight is 530 g/mol. The number of benzene rings is 1. The molecule has 0 spiro atoms.